The number of aldehydes is 1. The van der Waals surface area contributed by atoms with Crippen LogP contribution in [0.3, 0.4) is 0 Å². The Hall–Kier alpha value is -1.07. The fourth-order valence-electron chi connectivity index (χ4n) is 2.82. The van der Waals surface area contributed by atoms with Gasteiger partial charge in [-0.1, -0.05) is 19.3 Å². The zero-order chi connectivity index (χ0) is 12.3. The number of rotatable bonds is 4. The molecule has 2 aliphatic rings. The Morgan fingerprint density at radius 3 is 2.53 bits per heavy atom. The van der Waals surface area contributed by atoms with Gasteiger partial charge in [0.2, 0.25) is 5.78 Å². The molecule has 0 aromatic rings. The van der Waals surface area contributed by atoms with Crippen LogP contribution < -0.4 is 5.32 Å². The first-order valence-corrected chi connectivity index (χ1v) is 6.24. The number of ketones is 2. The molecule has 5 nitrogen and oxygen atoms in total. The van der Waals surface area contributed by atoms with Crippen LogP contribution in [0.15, 0.2) is 0 Å². The standard InChI is InChI=1S/C12H18N2O3/c15-7-11(16)12(17)10-6-13-8-14(10)9-4-2-1-3-5-9/h7,9-10,13H,1-6,8H2. The zero-order valence-corrected chi connectivity index (χ0v) is 9.85. The monoisotopic (exact) mass is 238 g/mol. The van der Waals surface area contributed by atoms with Gasteiger partial charge < -0.3 is 5.32 Å². The number of carbonyl (C=O) groups excluding carboxylic acids is 3. The maximum absolute atomic E-state index is 11.8. The van der Waals surface area contributed by atoms with E-state index in [2.05, 4.69) is 10.2 Å². The summed E-state index contributed by atoms with van der Waals surface area (Å²) >= 11 is 0. The molecular formula is C12H18N2O3. The minimum Gasteiger partial charge on any atom is -0.302 e. The molecule has 1 saturated carbocycles. The molecule has 1 N–H and O–H groups in total. The summed E-state index contributed by atoms with van der Waals surface area (Å²) in [5.41, 5.74) is 0. The summed E-state index contributed by atoms with van der Waals surface area (Å²) in [5, 5.41) is 3.12. The van der Waals surface area contributed by atoms with Crippen LogP contribution in [0, 0.1) is 0 Å². The Morgan fingerprint density at radius 1 is 1.18 bits per heavy atom. The Morgan fingerprint density at radius 2 is 1.88 bits per heavy atom. The van der Waals surface area contributed by atoms with E-state index in [9.17, 15) is 14.4 Å². The van der Waals surface area contributed by atoms with Gasteiger partial charge >= 0.3 is 0 Å². The second-order valence-corrected chi connectivity index (χ2v) is 4.78. The van der Waals surface area contributed by atoms with Crippen molar-refractivity contribution in [3.8, 4) is 0 Å². The molecule has 0 bridgehead atoms. The summed E-state index contributed by atoms with van der Waals surface area (Å²) in [4.78, 5) is 35.4. The first kappa shape index (κ1) is 12.4. The molecule has 0 amide bonds. The van der Waals surface area contributed by atoms with Crippen molar-refractivity contribution in [1.29, 1.82) is 0 Å². The van der Waals surface area contributed by atoms with Gasteiger partial charge in [-0.2, -0.15) is 0 Å². The molecule has 0 radical (unpaired) electrons. The quantitative estimate of drug-likeness (QED) is 0.420. The van der Waals surface area contributed by atoms with Gasteiger partial charge in [0.15, 0.2) is 6.29 Å². The second kappa shape index (κ2) is 5.51. The van der Waals surface area contributed by atoms with E-state index in [1.807, 2.05) is 0 Å². The van der Waals surface area contributed by atoms with Gasteiger partial charge in [-0.15, -0.1) is 0 Å². The van der Waals surface area contributed by atoms with Crippen LogP contribution in [0.25, 0.3) is 0 Å². The van der Waals surface area contributed by atoms with Crippen LogP contribution in [0.1, 0.15) is 32.1 Å². The van der Waals surface area contributed by atoms with Gasteiger partial charge in [-0.3, -0.25) is 19.3 Å². The lowest BCUT2D eigenvalue weighted by Gasteiger charge is -2.33. The van der Waals surface area contributed by atoms with Crippen molar-refractivity contribution in [2.75, 3.05) is 13.2 Å². The molecule has 1 heterocycles. The van der Waals surface area contributed by atoms with E-state index in [1.165, 1.54) is 19.3 Å². The van der Waals surface area contributed by atoms with Crippen molar-refractivity contribution in [1.82, 2.24) is 10.2 Å². The highest BCUT2D eigenvalue weighted by Gasteiger charge is 2.37. The van der Waals surface area contributed by atoms with Crippen molar-refractivity contribution in [3.05, 3.63) is 0 Å². The maximum atomic E-state index is 11.8. The van der Waals surface area contributed by atoms with Crippen LogP contribution in [-0.4, -0.2) is 48.0 Å². The number of hydrogen-bond acceptors (Lipinski definition) is 5. The number of hydrogen-bond donors (Lipinski definition) is 1. The SMILES string of the molecule is O=CC(=O)C(=O)C1CNCN1C1CCCCC1. The molecule has 0 aromatic carbocycles. The van der Waals surface area contributed by atoms with E-state index in [1.54, 1.807) is 0 Å². The first-order valence-electron chi connectivity index (χ1n) is 6.24. The van der Waals surface area contributed by atoms with Gasteiger partial charge in [0, 0.05) is 19.3 Å². The van der Waals surface area contributed by atoms with E-state index in [4.69, 9.17) is 0 Å². The van der Waals surface area contributed by atoms with Gasteiger partial charge in [-0.05, 0) is 12.8 Å². The average Bonchev–Trinajstić information content (AvgIpc) is 2.87. The summed E-state index contributed by atoms with van der Waals surface area (Å²) in [6.45, 7) is 1.13. The molecule has 2 rings (SSSR count). The van der Waals surface area contributed by atoms with E-state index in [0.29, 0.717) is 19.3 Å². The predicted octanol–water partition coefficient (Wildman–Crippen LogP) is -0.113. The molecule has 1 aliphatic carbocycles. The summed E-state index contributed by atoms with van der Waals surface area (Å²) < 4.78 is 0. The minimum atomic E-state index is -0.903. The molecular weight excluding hydrogens is 220 g/mol. The van der Waals surface area contributed by atoms with Crippen molar-refractivity contribution in [2.45, 2.75) is 44.2 Å². The molecule has 0 aromatic heterocycles. The van der Waals surface area contributed by atoms with Gasteiger partial charge in [0.05, 0.1) is 6.04 Å². The topological polar surface area (TPSA) is 66.5 Å². The van der Waals surface area contributed by atoms with Gasteiger partial charge in [0.1, 0.15) is 0 Å². The highest BCUT2D eigenvalue weighted by Crippen LogP contribution is 2.25. The molecule has 0 spiro atoms. The molecule has 17 heavy (non-hydrogen) atoms. The maximum Gasteiger partial charge on any atom is 0.262 e. The van der Waals surface area contributed by atoms with Crippen molar-refractivity contribution in [3.63, 3.8) is 0 Å². The third-order valence-electron chi connectivity index (χ3n) is 3.73. The lowest BCUT2D eigenvalue weighted by Crippen LogP contribution is -2.47. The van der Waals surface area contributed by atoms with E-state index in [0.717, 1.165) is 12.8 Å². The van der Waals surface area contributed by atoms with Crippen LogP contribution in [0.2, 0.25) is 0 Å². The van der Waals surface area contributed by atoms with Crippen molar-refractivity contribution < 1.29 is 14.4 Å². The van der Waals surface area contributed by atoms with Crippen LogP contribution in [0.5, 0.6) is 0 Å². The Balaban J connectivity index is 2.03. The molecule has 94 valence electrons. The van der Waals surface area contributed by atoms with E-state index >= 15 is 0 Å². The number of Topliss-reactive ketones (excluding diaryl/α,β-unsaturated/α-hetero) is 2. The lowest BCUT2D eigenvalue weighted by molar-refractivity contribution is -0.142. The van der Waals surface area contributed by atoms with Crippen molar-refractivity contribution >= 4 is 17.9 Å². The predicted molar refractivity (Wildman–Crippen MR) is 61.4 cm³/mol. The highest BCUT2D eigenvalue weighted by molar-refractivity contribution is 6.59. The van der Waals surface area contributed by atoms with Gasteiger partial charge in [-0.25, -0.2) is 0 Å². The first-order chi connectivity index (χ1) is 8.24. The Kier molecular flexibility index (Phi) is 4.02. The average molecular weight is 238 g/mol. The molecule has 1 aliphatic heterocycles. The molecule has 1 saturated heterocycles. The summed E-state index contributed by atoms with van der Waals surface area (Å²) in [6.07, 6.45) is 5.91. The second-order valence-electron chi connectivity index (χ2n) is 4.78. The Bertz CT molecular complexity index is 324. The van der Waals surface area contributed by atoms with Crippen LogP contribution in [0.4, 0.5) is 0 Å². The summed E-state index contributed by atoms with van der Waals surface area (Å²) in [7, 11) is 0. The smallest absolute Gasteiger partial charge is 0.262 e. The zero-order valence-electron chi connectivity index (χ0n) is 9.85. The number of nitrogens with zero attached hydrogens (tertiary/aromatic N) is 1. The summed E-state index contributed by atoms with van der Waals surface area (Å²) in [6, 6.07) is -0.0528. The molecule has 2 fully saturated rings. The third-order valence-corrected chi connectivity index (χ3v) is 3.73. The third kappa shape index (κ3) is 2.61. The van der Waals surface area contributed by atoms with E-state index < -0.39 is 17.6 Å². The largest absolute Gasteiger partial charge is 0.302 e. The van der Waals surface area contributed by atoms with Crippen molar-refractivity contribution in [2.24, 2.45) is 0 Å². The van der Waals surface area contributed by atoms with Crippen LogP contribution >= 0.6 is 0 Å². The molecule has 1 unspecified atom stereocenters. The number of carbonyl (C=O) groups is 3. The number of nitrogens with one attached hydrogen (secondary N) is 1. The fraction of sp³-hybridized carbons (Fsp3) is 0.750. The summed E-state index contributed by atoms with van der Waals surface area (Å²) in [5.74, 6) is -1.46. The van der Waals surface area contributed by atoms with Crippen LogP contribution in [-0.2, 0) is 14.4 Å². The normalized spacial score (nSPS) is 26.9. The van der Waals surface area contributed by atoms with E-state index in [-0.39, 0.29) is 6.29 Å². The molecule has 5 heteroatoms. The van der Waals surface area contributed by atoms with Gasteiger partial charge in [0.25, 0.3) is 5.78 Å². The lowest BCUT2D eigenvalue weighted by atomic mass is 9.93. The minimum absolute atomic E-state index is 0.125. The highest BCUT2D eigenvalue weighted by atomic mass is 16.2. The Labute approximate surface area is 101 Å². The fourth-order valence-corrected chi connectivity index (χ4v) is 2.82. The molecule has 1 atom stereocenters.